The Hall–Kier alpha value is -4.16. The van der Waals surface area contributed by atoms with Crippen LogP contribution in [0.5, 0.6) is 11.5 Å². The minimum Gasteiger partial charge on any atom is -0.487 e. The van der Waals surface area contributed by atoms with Crippen molar-refractivity contribution in [1.29, 1.82) is 0 Å². The number of carbonyl (C=O) groups is 1. The van der Waals surface area contributed by atoms with E-state index in [0.717, 1.165) is 18.2 Å². The Bertz CT molecular complexity index is 1550. The van der Waals surface area contributed by atoms with Crippen LogP contribution in [0.4, 0.5) is 27.8 Å². The average Bonchev–Trinajstić information content (AvgIpc) is 3.43. The predicted octanol–water partition coefficient (Wildman–Crippen LogP) is 4.38. The molecular weight excluding hydrogens is 489 g/mol. The lowest BCUT2D eigenvalue weighted by Gasteiger charge is -2.36. The zero-order chi connectivity index (χ0) is 25.4. The summed E-state index contributed by atoms with van der Waals surface area (Å²) in [5.74, 6) is -3.68. The van der Waals surface area contributed by atoms with E-state index in [9.17, 15) is 22.4 Å². The SMILES string of the molecule is Nc1nc2cc(F)c(C(=O)N3CCCC4Oc5cc(OC(F)(F)F)c(F)cc5[C@@H]43)cc2n2cncc12. The number of hydrogen-bond acceptors (Lipinski definition) is 6. The fraction of sp³-hybridized carbons (Fsp3) is 0.261. The molecule has 0 bridgehead atoms. The molecule has 6 rings (SSSR count). The summed E-state index contributed by atoms with van der Waals surface area (Å²) in [6.07, 6.45) is -1.81. The van der Waals surface area contributed by atoms with Crippen LogP contribution in [0.15, 0.2) is 36.8 Å². The number of aromatic nitrogens is 3. The molecule has 2 N–H and O–H groups in total. The largest absolute Gasteiger partial charge is 0.573 e. The first-order valence-corrected chi connectivity index (χ1v) is 10.9. The number of likely N-dealkylation sites (tertiary alicyclic amines) is 1. The van der Waals surface area contributed by atoms with Crippen molar-refractivity contribution in [2.75, 3.05) is 12.3 Å². The Morgan fingerprint density at radius 1 is 1.14 bits per heavy atom. The van der Waals surface area contributed by atoms with Crippen molar-refractivity contribution in [3.05, 3.63) is 59.6 Å². The number of imidazole rings is 1. The second-order valence-electron chi connectivity index (χ2n) is 8.58. The van der Waals surface area contributed by atoms with Crippen molar-refractivity contribution in [3.8, 4) is 11.5 Å². The lowest BCUT2D eigenvalue weighted by atomic mass is 9.93. The first-order valence-electron chi connectivity index (χ1n) is 10.9. The number of ether oxygens (including phenoxy) is 2. The van der Waals surface area contributed by atoms with Gasteiger partial charge in [-0.25, -0.2) is 18.7 Å². The monoisotopic (exact) mass is 505 g/mol. The van der Waals surface area contributed by atoms with Gasteiger partial charge in [0, 0.05) is 24.2 Å². The number of hydrogen-bond donors (Lipinski definition) is 1. The van der Waals surface area contributed by atoms with Gasteiger partial charge >= 0.3 is 6.36 Å². The summed E-state index contributed by atoms with van der Waals surface area (Å²) in [6.45, 7) is 0.211. The van der Waals surface area contributed by atoms with Gasteiger partial charge in [-0.15, -0.1) is 13.2 Å². The highest BCUT2D eigenvalue weighted by Gasteiger charge is 2.45. The quantitative estimate of drug-likeness (QED) is 0.407. The van der Waals surface area contributed by atoms with Crippen LogP contribution in [0.1, 0.15) is 34.8 Å². The van der Waals surface area contributed by atoms with Crippen molar-refractivity contribution < 1.29 is 36.2 Å². The molecule has 2 atom stereocenters. The number of halogens is 5. The predicted molar refractivity (Wildman–Crippen MR) is 115 cm³/mol. The van der Waals surface area contributed by atoms with Gasteiger partial charge in [0.15, 0.2) is 11.6 Å². The van der Waals surface area contributed by atoms with Crippen LogP contribution in [0, 0.1) is 11.6 Å². The average molecular weight is 505 g/mol. The van der Waals surface area contributed by atoms with Gasteiger partial charge in [0.1, 0.15) is 29.0 Å². The number of nitrogen functional groups attached to an aromatic ring is 1. The summed E-state index contributed by atoms with van der Waals surface area (Å²) in [7, 11) is 0. The molecule has 0 saturated carbocycles. The maximum absolute atomic E-state index is 15.1. The molecular formula is C23H16F5N5O3. The Morgan fingerprint density at radius 2 is 1.94 bits per heavy atom. The summed E-state index contributed by atoms with van der Waals surface area (Å²) in [5, 5.41) is 0. The normalized spacial score (nSPS) is 19.3. The van der Waals surface area contributed by atoms with Gasteiger partial charge in [-0.05, 0) is 25.0 Å². The molecule has 2 aromatic carbocycles. The highest BCUT2D eigenvalue weighted by molar-refractivity contribution is 5.99. The van der Waals surface area contributed by atoms with Gasteiger partial charge in [-0.3, -0.25) is 9.20 Å². The molecule has 2 aromatic heterocycles. The molecule has 0 spiro atoms. The third-order valence-electron chi connectivity index (χ3n) is 6.42. The van der Waals surface area contributed by atoms with Crippen molar-refractivity contribution in [2.24, 2.45) is 0 Å². The van der Waals surface area contributed by atoms with Crippen LogP contribution in [0.3, 0.4) is 0 Å². The number of piperidine rings is 1. The van der Waals surface area contributed by atoms with Gasteiger partial charge in [-0.2, -0.15) is 0 Å². The van der Waals surface area contributed by atoms with Crippen molar-refractivity contribution in [2.45, 2.75) is 31.3 Å². The number of rotatable bonds is 2. The van der Waals surface area contributed by atoms with Gasteiger partial charge < -0.3 is 20.1 Å². The summed E-state index contributed by atoms with van der Waals surface area (Å²) >= 11 is 0. The van der Waals surface area contributed by atoms with E-state index in [2.05, 4.69) is 14.7 Å². The Morgan fingerprint density at radius 3 is 2.72 bits per heavy atom. The second-order valence-corrected chi connectivity index (χ2v) is 8.58. The fourth-order valence-electron chi connectivity index (χ4n) is 4.95. The zero-order valence-electron chi connectivity index (χ0n) is 18.2. The van der Waals surface area contributed by atoms with Crippen molar-refractivity contribution in [1.82, 2.24) is 19.3 Å². The summed E-state index contributed by atoms with van der Waals surface area (Å²) in [6, 6.07) is 3.31. The smallest absolute Gasteiger partial charge is 0.487 e. The number of amides is 1. The molecule has 2 aliphatic heterocycles. The van der Waals surface area contributed by atoms with E-state index in [-0.39, 0.29) is 34.8 Å². The Kier molecular flexibility index (Phi) is 4.75. The van der Waals surface area contributed by atoms with E-state index < -0.39 is 41.8 Å². The molecule has 4 aromatic rings. The first-order chi connectivity index (χ1) is 17.1. The number of carbonyl (C=O) groups excluding carboxylic acids is 1. The highest BCUT2D eigenvalue weighted by Crippen LogP contribution is 2.47. The molecule has 36 heavy (non-hydrogen) atoms. The van der Waals surface area contributed by atoms with Gasteiger partial charge in [0.25, 0.3) is 5.91 Å². The number of anilines is 1. The molecule has 13 heteroatoms. The number of nitrogens with zero attached hydrogens (tertiary/aromatic N) is 4. The standard InChI is InChI=1S/C23H16F5N5O3/c24-12-6-14-15(33-9-30-8-16(33)21(29)31-14)5-10(12)22(34)32-3-1-2-17-20(32)11-4-13(25)19(7-18(11)35-17)36-23(26,27)28/h4-9,17,20H,1-3H2,(H2,29,31)/t17?,20-/m0/s1. The van der Waals surface area contributed by atoms with Crippen LogP contribution < -0.4 is 15.2 Å². The third kappa shape index (κ3) is 3.45. The summed E-state index contributed by atoms with van der Waals surface area (Å²) in [4.78, 5) is 23.1. The summed E-state index contributed by atoms with van der Waals surface area (Å²) in [5.41, 5.74) is 6.94. The summed E-state index contributed by atoms with van der Waals surface area (Å²) < 4.78 is 78.6. The van der Waals surface area contributed by atoms with Crippen LogP contribution in [0.2, 0.25) is 0 Å². The number of benzene rings is 2. The molecule has 1 amide bonds. The van der Waals surface area contributed by atoms with Crippen LogP contribution in [-0.2, 0) is 0 Å². The fourth-order valence-corrected chi connectivity index (χ4v) is 4.95. The molecule has 4 heterocycles. The maximum atomic E-state index is 15.1. The minimum atomic E-state index is -5.09. The highest BCUT2D eigenvalue weighted by atomic mass is 19.4. The van der Waals surface area contributed by atoms with E-state index in [1.807, 2.05) is 0 Å². The van der Waals surface area contributed by atoms with Crippen LogP contribution in [-0.4, -0.2) is 44.2 Å². The van der Waals surface area contributed by atoms with E-state index in [1.54, 1.807) is 4.40 Å². The van der Waals surface area contributed by atoms with Gasteiger partial charge in [0.2, 0.25) is 0 Å². The van der Waals surface area contributed by atoms with Crippen LogP contribution in [0.25, 0.3) is 16.6 Å². The topological polar surface area (TPSA) is 95.0 Å². The van der Waals surface area contributed by atoms with Gasteiger partial charge in [-0.1, -0.05) is 0 Å². The molecule has 0 aliphatic carbocycles. The third-order valence-corrected chi connectivity index (χ3v) is 6.42. The molecule has 8 nitrogen and oxygen atoms in total. The lowest BCUT2D eigenvalue weighted by Crippen LogP contribution is -2.44. The molecule has 2 aliphatic rings. The van der Waals surface area contributed by atoms with E-state index in [1.165, 1.54) is 23.5 Å². The van der Waals surface area contributed by atoms with Gasteiger partial charge in [0.05, 0.1) is 35.2 Å². The molecule has 0 radical (unpaired) electrons. The molecule has 186 valence electrons. The zero-order valence-corrected chi connectivity index (χ0v) is 18.2. The maximum Gasteiger partial charge on any atom is 0.573 e. The first kappa shape index (κ1) is 22.3. The van der Waals surface area contributed by atoms with E-state index in [0.29, 0.717) is 23.9 Å². The number of nitrogens with two attached hydrogens (primary N) is 1. The van der Waals surface area contributed by atoms with Crippen molar-refractivity contribution >= 4 is 28.3 Å². The molecule has 1 saturated heterocycles. The Balaban J connectivity index is 1.41. The molecule has 1 fully saturated rings. The number of fused-ring (bicyclic) bond motifs is 6. The van der Waals surface area contributed by atoms with E-state index >= 15 is 4.39 Å². The minimum absolute atomic E-state index is 0.0240. The second kappa shape index (κ2) is 7.67. The van der Waals surface area contributed by atoms with Crippen LogP contribution >= 0.6 is 0 Å². The van der Waals surface area contributed by atoms with Crippen molar-refractivity contribution in [3.63, 3.8) is 0 Å². The van der Waals surface area contributed by atoms with E-state index in [4.69, 9.17) is 10.5 Å². The number of alkyl halides is 3. The molecule has 1 unspecified atom stereocenters. The Labute approximate surface area is 199 Å². The lowest BCUT2D eigenvalue weighted by molar-refractivity contribution is -0.275.